The minimum atomic E-state index is -3.87. The van der Waals surface area contributed by atoms with Crippen molar-refractivity contribution in [3.05, 3.63) is 71.3 Å². The molecule has 2 aromatic carbocycles. The SMILES string of the molecule is CCOC(=O)C=CCC1(C)C(=O)C(C2=NS(O)(O)c3cc(NC(=O)OC(C)(C)C)ccc3N2)=C(O)c2ccccc21. The van der Waals surface area contributed by atoms with Crippen molar-refractivity contribution in [2.24, 2.45) is 4.40 Å². The number of carbonyl (C=O) groups excluding carboxylic acids is 3. The van der Waals surface area contributed by atoms with Crippen LogP contribution < -0.4 is 10.6 Å². The fourth-order valence-corrected chi connectivity index (χ4v) is 5.79. The summed E-state index contributed by atoms with van der Waals surface area (Å²) in [5.41, 5.74) is -0.803. The van der Waals surface area contributed by atoms with Gasteiger partial charge in [0.2, 0.25) is 0 Å². The number of allylic oxidation sites excluding steroid dienone is 1. The summed E-state index contributed by atoms with van der Waals surface area (Å²) >= 11 is 0. The first-order chi connectivity index (χ1) is 19.2. The number of ether oxygens (including phenoxy) is 2. The molecule has 0 aromatic heterocycles. The highest BCUT2D eigenvalue weighted by molar-refractivity contribution is 8.23. The van der Waals surface area contributed by atoms with E-state index in [4.69, 9.17) is 9.47 Å². The highest BCUT2D eigenvalue weighted by Gasteiger charge is 2.46. The Hall–Kier alpha value is -4.13. The molecule has 1 aliphatic heterocycles. The first kappa shape index (κ1) is 29.8. The number of Topliss-reactive ketones (excluding diaryl/α,β-unsaturated/α-hetero) is 1. The molecule has 0 spiro atoms. The Labute approximate surface area is 239 Å². The molecule has 11 nitrogen and oxygen atoms in total. The number of aliphatic hydroxyl groups excluding tert-OH is 1. The van der Waals surface area contributed by atoms with E-state index in [2.05, 4.69) is 15.0 Å². The van der Waals surface area contributed by atoms with Gasteiger partial charge in [0.25, 0.3) is 0 Å². The van der Waals surface area contributed by atoms with Crippen LogP contribution in [0.3, 0.4) is 0 Å². The summed E-state index contributed by atoms with van der Waals surface area (Å²) in [6.07, 6.45) is 2.15. The van der Waals surface area contributed by atoms with Gasteiger partial charge in [-0.05, 0) is 64.8 Å². The van der Waals surface area contributed by atoms with Crippen LogP contribution in [0.5, 0.6) is 0 Å². The molecule has 2 aliphatic rings. The van der Waals surface area contributed by atoms with Crippen LogP contribution >= 0.6 is 10.8 Å². The van der Waals surface area contributed by atoms with Gasteiger partial charge in [-0.3, -0.25) is 19.2 Å². The molecule has 1 heterocycles. The van der Waals surface area contributed by atoms with Crippen LogP contribution in [0.2, 0.25) is 0 Å². The van der Waals surface area contributed by atoms with Crippen LogP contribution in [0.1, 0.15) is 52.2 Å². The van der Waals surface area contributed by atoms with Crippen LogP contribution in [0.4, 0.5) is 16.2 Å². The molecule has 2 aromatic rings. The van der Waals surface area contributed by atoms with Gasteiger partial charge in [0.15, 0.2) is 11.6 Å². The van der Waals surface area contributed by atoms with E-state index in [-0.39, 0.29) is 46.5 Å². The smallest absolute Gasteiger partial charge is 0.412 e. The zero-order valence-corrected chi connectivity index (χ0v) is 24.2. The number of benzene rings is 2. The van der Waals surface area contributed by atoms with Crippen molar-refractivity contribution in [3.8, 4) is 0 Å². The molecular weight excluding hydrogens is 550 g/mol. The maximum absolute atomic E-state index is 14.0. The van der Waals surface area contributed by atoms with Gasteiger partial charge >= 0.3 is 12.1 Å². The largest absolute Gasteiger partial charge is 0.506 e. The summed E-state index contributed by atoms with van der Waals surface area (Å²) in [6, 6.07) is 11.2. The number of aliphatic hydroxyl groups is 1. The van der Waals surface area contributed by atoms with Crippen molar-refractivity contribution in [1.29, 1.82) is 0 Å². The van der Waals surface area contributed by atoms with Crippen LogP contribution in [-0.2, 0) is 24.5 Å². The van der Waals surface area contributed by atoms with Crippen molar-refractivity contribution in [1.82, 2.24) is 0 Å². The molecule has 1 unspecified atom stereocenters. The second-order valence-electron chi connectivity index (χ2n) is 10.7. The number of amides is 1. The average molecular weight is 584 g/mol. The van der Waals surface area contributed by atoms with E-state index < -0.39 is 39.6 Å². The Morgan fingerprint density at radius 1 is 1.17 bits per heavy atom. The number of ketones is 1. The predicted octanol–water partition coefficient (Wildman–Crippen LogP) is 6.20. The standard InChI is InChI=1S/C29H33N3O8S/c1-6-39-22(33)12-9-15-29(5)19-11-8-7-10-18(19)24(34)23(25(29)35)26-31-20-14-13-17(16-21(20)41(37,38)32-26)30-27(36)40-28(2,3)4/h7-14,16,34,37-38H,6,15H2,1-5H3,(H,30,36)(H,31,32). The fraction of sp³-hybridized carbons (Fsp3) is 0.310. The molecule has 1 amide bonds. The van der Waals surface area contributed by atoms with E-state index in [9.17, 15) is 28.6 Å². The lowest BCUT2D eigenvalue weighted by Crippen LogP contribution is -2.42. The number of hydrogen-bond acceptors (Lipinski definition) is 10. The van der Waals surface area contributed by atoms with Crippen molar-refractivity contribution in [2.45, 2.75) is 57.0 Å². The molecular formula is C29H33N3O8S. The molecule has 41 heavy (non-hydrogen) atoms. The minimum Gasteiger partial charge on any atom is -0.506 e. The molecule has 1 aliphatic carbocycles. The molecule has 0 saturated heterocycles. The van der Waals surface area contributed by atoms with E-state index >= 15 is 0 Å². The van der Waals surface area contributed by atoms with Gasteiger partial charge in [0.1, 0.15) is 21.8 Å². The predicted molar refractivity (Wildman–Crippen MR) is 157 cm³/mol. The summed E-state index contributed by atoms with van der Waals surface area (Å²) in [5, 5.41) is 16.7. The normalized spacial score (nSPS) is 20.4. The molecule has 12 heteroatoms. The lowest BCUT2D eigenvalue weighted by molar-refractivity contribution is -0.137. The number of carbonyl (C=O) groups is 3. The maximum atomic E-state index is 14.0. The van der Waals surface area contributed by atoms with Gasteiger partial charge < -0.3 is 19.9 Å². The Morgan fingerprint density at radius 2 is 1.88 bits per heavy atom. The first-order valence-electron chi connectivity index (χ1n) is 12.9. The average Bonchev–Trinajstić information content (AvgIpc) is 2.87. The third kappa shape index (κ3) is 6.14. The minimum absolute atomic E-state index is 0.0151. The highest BCUT2D eigenvalue weighted by Crippen LogP contribution is 2.57. The molecule has 4 rings (SSSR count). The third-order valence-corrected chi connectivity index (χ3v) is 7.80. The fourth-order valence-electron chi connectivity index (χ4n) is 4.60. The number of nitrogens with one attached hydrogen (secondary N) is 2. The number of rotatable bonds is 6. The lowest BCUT2D eigenvalue weighted by atomic mass is 9.67. The third-order valence-electron chi connectivity index (χ3n) is 6.44. The molecule has 0 bridgehead atoms. The van der Waals surface area contributed by atoms with Crippen LogP contribution in [-0.4, -0.2) is 50.1 Å². The Morgan fingerprint density at radius 3 is 2.56 bits per heavy atom. The van der Waals surface area contributed by atoms with Crippen LogP contribution in [0.25, 0.3) is 5.76 Å². The van der Waals surface area contributed by atoms with Crippen LogP contribution in [0, 0.1) is 0 Å². The van der Waals surface area contributed by atoms with Gasteiger partial charge in [0, 0.05) is 17.3 Å². The summed E-state index contributed by atoms with van der Waals surface area (Å²) in [4.78, 5) is 38.1. The van der Waals surface area contributed by atoms with E-state index in [1.807, 2.05) is 0 Å². The Bertz CT molecular complexity index is 1510. The maximum Gasteiger partial charge on any atom is 0.412 e. The topological polar surface area (TPSA) is 167 Å². The van der Waals surface area contributed by atoms with Gasteiger partial charge in [-0.25, -0.2) is 9.59 Å². The number of fused-ring (bicyclic) bond motifs is 2. The first-order valence-corrected chi connectivity index (χ1v) is 14.4. The van der Waals surface area contributed by atoms with Crippen molar-refractivity contribution >= 4 is 51.6 Å². The number of amidine groups is 1. The number of anilines is 2. The molecule has 0 saturated carbocycles. The molecule has 0 radical (unpaired) electrons. The molecule has 1 atom stereocenters. The lowest BCUT2D eigenvalue weighted by Gasteiger charge is -2.38. The van der Waals surface area contributed by atoms with Crippen molar-refractivity contribution in [2.75, 3.05) is 17.2 Å². The van der Waals surface area contributed by atoms with E-state index in [1.165, 1.54) is 30.4 Å². The van der Waals surface area contributed by atoms with Gasteiger partial charge in [-0.1, -0.05) is 41.1 Å². The Balaban J connectivity index is 1.71. The van der Waals surface area contributed by atoms with Gasteiger partial charge in [-0.15, -0.1) is 4.40 Å². The molecule has 5 N–H and O–H groups in total. The second kappa shape index (κ2) is 11.0. The van der Waals surface area contributed by atoms with Crippen molar-refractivity contribution < 1.29 is 38.1 Å². The summed E-state index contributed by atoms with van der Waals surface area (Å²) < 4.78 is 36.3. The number of hydrogen-bond donors (Lipinski definition) is 5. The monoisotopic (exact) mass is 583 g/mol. The van der Waals surface area contributed by atoms with E-state index in [0.717, 1.165) is 0 Å². The second-order valence-corrected chi connectivity index (χ2v) is 12.4. The van der Waals surface area contributed by atoms with E-state index in [1.54, 1.807) is 58.9 Å². The van der Waals surface area contributed by atoms with Gasteiger partial charge in [0.05, 0.1) is 17.7 Å². The number of esters is 1. The zero-order chi connectivity index (χ0) is 30.2. The zero-order valence-electron chi connectivity index (χ0n) is 23.3. The van der Waals surface area contributed by atoms with Gasteiger partial charge in [-0.2, -0.15) is 0 Å². The quantitative estimate of drug-likeness (QED) is 0.196. The molecule has 218 valence electrons. The highest BCUT2D eigenvalue weighted by atomic mass is 32.3. The summed E-state index contributed by atoms with van der Waals surface area (Å²) in [6.45, 7) is 8.72. The van der Waals surface area contributed by atoms with Crippen LogP contribution in [0.15, 0.2) is 69.5 Å². The van der Waals surface area contributed by atoms with Crippen molar-refractivity contribution in [3.63, 3.8) is 0 Å². The number of nitrogens with zero attached hydrogens (tertiary/aromatic N) is 1. The molecule has 0 fully saturated rings. The summed E-state index contributed by atoms with van der Waals surface area (Å²) in [7, 11) is -3.87. The summed E-state index contributed by atoms with van der Waals surface area (Å²) in [5.74, 6) is -1.67. The Kier molecular flexibility index (Phi) is 8.03. The van der Waals surface area contributed by atoms with E-state index in [0.29, 0.717) is 11.1 Å².